The quantitative estimate of drug-likeness (QED) is 0.849. The number of aromatic nitrogens is 2. The van der Waals surface area contributed by atoms with Crippen molar-refractivity contribution in [3.8, 4) is 0 Å². The Morgan fingerprint density at radius 2 is 2.17 bits per heavy atom. The molecule has 2 fully saturated rings. The lowest BCUT2D eigenvalue weighted by Crippen LogP contribution is -2.66. The van der Waals surface area contributed by atoms with Gasteiger partial charge in [-0.05, 0) is 59.2 Å². The van der Waals surface area contributed by atoms with Gasteiger partial charge in [0.2, 0.25) is 5.91 Å². The minimum absolute atomic E-state index is 0.0161. The number of fused-ring (bicyclic) bond motifs is 1. The van der Waals surface area contributed by atoms with Gasteiger partial charge in [-0.25, -0.2) is 8.78 Å². The SMILES string of the molecule is Cc1cc(C(F)F)n(CC(=O)N2CCC[C@@]3(C)[C@@H]2CCCN3C)n1. The fourth-order valence-corrected chi connectivity index (χ4v) is 4.34. The average Bonchev–Trinajstić information content (AvgIpc) is 2.88. The molecule has 2 atom stereocenters. The van der Waals surface area contributed by atoms with Crippen LogP contribution in [0.25, 0.3) is 0 Å². The standard InChI is InChI=1S/C17H26F2N4O/c1-12-10-13(16(18)19)23(20-12)11-15(24)22-9-5-7-17(2)14(22)6-4-8-21(17)3/h10,14,16H,4-9,11H2,1-3H3/t14-,17-/m0/s1. The highest BCUT2D eigenvalue weighted by Gasteiger charge is 2.47. The second kappa shape index (κ2) is 6.43. The number of amides is 1. The summed E-state index contributed by atoms with van der Waals surface area (Å²) in [5.74, 6) is -0.105. The van der Waals surface area contributed by atoms with E-state index < -0.39 is 6.43 Å². The van der Waals surface area contributed by atoms with E-state index in [1.807, 2.05) is 4.90 Å². The molecule has 3 rings (SSSR count). The summed E-state index contributed by atoms with van der Waals surface area (Å²) in [7, 11) is 2.12. The van der Waals surface area contributed by atoms with E-state index in [1.54, 1.807) is 6.92 Å². The summed E-state index contributed by atoms with van der Waals surface area (Å²) in [5, 5.41) is 4.08. The maximum atomic E-state index is 13.1. The van der Waals surface area contributed by atoms with Crippen LogP contribution in [0.15, 0.2) is 6.07 Å². The van der Waals surface area contributed by atoms with Crippen LogP contribution in [0.4, 0.5) is 8.78 Å². The van der Waals surface area contributed by atoms with Gasteiger partial charge < -0.3 is 4.90 Å². The van der Waals surface area contributed by atoms with Crippen LogP contribution in [0.5, 0.6) is 0 Å². The Hall–Kier alpha value is -1.50. The zero-order chi connectivity index (χ0) is 17.5. The number of hydrogen-bond donors (Lipinski definition) is 0. The molecule has 2 aliphatic heterocycles. The fourth-order valence-electron chi connectivity index (χ4n) is 4.34. The first-order chi connectivity index (χ1) is 11.3. The number of carbonyl (C=O) groups excluding carboxylic acids is 1. The van der Waals surface area contributed by atoms with E-state index in [0.29, 0.717) is 12.2 Å². The Balaban J connectivity index is 1.80. The molecular formula is C17H26F2N4O. The Morgan fingerprint density at radius 3 is 2.88 bits per heavy atom. The largest absolute Gasteiger partial charge is 0.336 e. The van der Waals surface area contributed by atoms with Crippen molar-refractivity contribution in [2.24, 2.45) is 0 Å². The highest BCUT2D eigenvalue weighted by Crippen LogP contribution is 2.38. The van der Waals surface area contributed by atoms with Crippen molar-refractivity contribution in [3.63, 3.8) is 0 Å². The van der Waals surface area contributed by atoms with Crippen LogP contribution < -0.4 is 0 Å². The van der Waals surface area contributed by atoms with Crippen LogP contribution in [-0.4, -0.2) is 57.2 Å². The number of hydrogen-bond acceptors (Lipinski definition) is 3. The number of nitrogens with zero attached hydrogens (tertiary/aromatic N) is 4. The topological polar surface area (TPSA) is 41.4 Å². The van der Waals surface area contributed by atoms with Crippen molar-refractivity contribution < 1.29 is 13.6 Å². The van der Waals surface area contributed by atoms with Crippen LogP contribution in [-0.2, 0) is 11.3 Å². The van der Waals surface area contributed by atoms with E-state index in [4.69, 9.17) is 0 Å². The number of likely N-dealkylation sites (tertiary alicyclic amines) is 2. The van der Waals surface area contributed by atoms with Crippen LogP contribution in [0.1, 0.15) is 50.4 Å². The Morgan fingerprint density at radius 1 is 1.42 bits per heavy atom. The van der Waals surface area contributed by atoms with Gasteiger partial charge in [-0.2, -0.15) is 5.10 Å². The number of rotatable bonds is 3. The molecule has 3 heterocycles. The molecule has 0 saturated carbocycles. The van der Waals surface area contributed by atoms with E-state index >= 15 is 0 Å². The molecule has 0 spiro atoms. The van der Waals surface area contributed by atoms with Crippen molar-refractivity contribution >= 4 is 5.91 Å². The van der Waals surface area contributed by atoms with Crippen LogP contribution >= 0.6 is 0 Å². The van der Waals surface area contributed by atoms with Crippen molar-refractivity contribution in [3.05, 3.63) is 17.5 Å². The van der Waals surface area contributed by atoms with Crippen molar-refractivity contribution in [2.45, 2.75) is 64.1 Å². The predicted octanol–water partition coefficient (Wildman–Crippen LogP) is 2.60. The summed E-state index contributed by atoms with van der Waals surface area (Å²) in [6.07, 6.45) is 1.44. The van der Waals surface area contributed by atoms with Gasteiger partial charge in [0, 0.05) is 18.1 Å². The normalized spacial score (nSPS) is 28.2. The fraction of sp³-hybridized carbons (Fsp3) is 0.765. The number of halogens is 2. The Bertz CT molecular complexity index is 618. The van der Waals surface area contributed by atoms with Crippen molar-refractivity contribution in [1.29, 1.82) is 0 Å². The molecule has 1 aromatic rings. The molecule has 7 heteroatoms. The molecule has 134 valence electrons. The van der Waals surface area contributed by atoms with Gasteiger partial charge in [0.1, 0.15) is 12.2 Å². The first-order valence-electron chi connectivity index (χ1n) is 8.66. The second-order valence-corrected chi connectivity index (χ2v) is 7.30. The highest BCUT2D eigenvalue weighted by atomic mass is 19.3. The van der Waals surface area contributed by atoms with Crippen molar-refractivity contribution in [2.75, 3.05) is 20.1 Å². The lowest BCUT2D eigenvalue weighted by Gasteiger charge is -2.55. The van der Waals surface area contributed by atoms with Crippen LogP contribution in [0.2, 0.25) is 0 Å². The minimum Gasteiger partial charge on any atom is -0.336 e. The van der Waals surface area contributed by atoms with Gasteiger partial charge in [-0.15, -0.1) is 0 Å². The number of alkyl halides is 2. The second-order valence-electron chi connectivity index (χ2n) is 7.30. The summed E-state index contributed by atoms with van der Waals surface area (Å²) < 4.78 is 27.4. The summed E-state index contributed by atoms with van der Waals surface area (Å²) in [6, 6.07) is 1.51. The number of likely N-dealkylation sites (N-methyl/N-ethyl adjacent to an activating group) is 1. The molecule has 0 radical (unpaired) electrons. The smallest absolute Gasteiger partial charge is 0.280 e. The maximum absolute atomic E-state index is 13.1. The number of carbonyl (C=O) groups is 1. The molecule has 0 unspecified atom stereocenters. The van der Waals surface area contributed by atoms with Gasteiger partial charge in [0.25, 0.3) is 6.43 Å². The molecule has 24 heavy (non-hydrogen) atoms. The van der Waals surface area contributed by atoms with Crippen LogP contribution in [0, 0.1) is 6.92 Å². The summed E-state index contributed by atoms with van der Waals surface area (Å²) >= 11 is 0. The van der Waals surface area contributed by atoms with Crippen LogP contribution in [0.3, 0.4) is 0 Å². The third kappa shape index (κ3) is 2.94. The number of piperidine rings is 2. The molecule has 5 nitrogen and oxygen atoms in total. The average molecular weight is 340 g/mol. The molecule has 1 aromatic heterocycles. The third-order valence-corrected chi connectivity index (χ3v) is 5.78. The van der Waals surface area contributed by atoms with E-state index in [-0.39, 0.29) is 29.7 Å². The molecule has 0 N–H and O–H groups in total. The van der Waals surface area contributed by atoms with Gasteiger partial charge >= 0.3 is 0 Å². The van der Waals surface area contributed by atoms with E-state index in [1.165, 1.54) is 10.7 Å². The van der Waals surface area contributed by atoms with Gasteiger partial charge in [0.15, 0.2) is 0 Å². The van der Waals surface area contributed by atoms with E-state index in [0.717, 1.165) is 32.2 Å². The molecule has 1 amide bonds. The Kier molecular flexibility index (Phi) is 4.64. The molecule has 2 saturated heterocycles. The monoisotopic (exact) mass is 340 g/mol. The summed E-state index contributed by atoms with van der Waals surface area (Å²) in [5.41, 5.74) is 0.318. The zero-order valence-corrected chi connectivity index (χ0v) is 14.6. The first-order valence-corrected chi connectivity index (χ1v) is 8.66. The maximum Gasteiger partial charge on any atom is 0.280 e. The Labute approximate surface area is 141 Å². The predicted molar refractivity (Wildman–Crippen MR) is 86.9 cm³/mol. The molecule has 0 aromatic carbocycles. The number of aryl methyl sites for hydroxylation is 1. The van der Waals surface area contributed by atoms with Gasteiger partial charge in [0.05, 0.1) is 5.69 Å². The van der Waals surface area contributed by atoms with Gasteiger partial charge in [-0.3, -0.25) is 14.4 Å². The lowest BCUT2D eigenvalue weighted by atomic mass is 9.76. The summed E-state index contributed by atoms with van der Waals surface area (Å²) in [6.45, 7) is 5.53. The van der Waals surface area contributed by atoms with Gasteiger partial charge in [-0.1, -0.05) is 0 Å². The molecule has 0 bridgehead atoms. The van der Waals surface area contributed by atoms with E-state index in [2.05, 4.69) is 24.0 Å². The summed E-state index contributed by atoms with van der Waals surface area (Å²) in [4.78, 5) is 17.1. The molecular weight excluding hydrogens is 314 g/mol. The minimum atomic E-state index is -2.62. The highest BCUT2D eigenvalue weighted by molar-refractivity contribution is 5.76. The first kappa shape index (κ1) is 17.3. The third-order valence-electron chi connectivity index (χ3n) is 5.78. The molecule has 0 aliphatic carbocycles. The van der Waals surface area contributed by atoms with Crippen molar-refractivity contribution in [1.82, 2.24) is 19.6 Å². The van der Waals surface area contributed by atoms with E-state index in [9.17, 15) is 13.6 Å². The molecule has 2 aliphatic rings. The lowest BCUT2D eigenvalue weighted by molar-refractivity contribution is -0.144. The zero-order valence-electron chi connectivity index (χ0n) is 14.6.